The highest BCUT2D eigenvalue weighted by Gasteiger charge is 2.09. The standard InChI is InChI=1S/C18H35N5.HI/c1-8-19-18(21-14(4)10-9-13(2)3)20-12-11-17-15(5)22-23(7)16(17)6;/h13-14H,8-12H2,1-7H3,(H2,19,20,21);1H. The van der Waals surface area contributed by atoms with Crippen molar-refractivity contribution in [3.8, 4) is 0 Å². The maximum Gasteiger partial charge on any atom is 0.191 e. The van der Waals surface area contributed by atoms with E-state index in [0.29, 0.717) is 6.04 Å². The van der Waals surface area contributed by atoms with Gasteiger partial charge in [0.1, 0.15) is 0 Å². The Hall–Kier alpha value is -0.790. The Morgan fingerprint density at radius 2 is 1.88 bits per heavy atom. The van der Waals surface area contributed by atoms with Crippen LogP contribution in [-0.4, -0.2) is 34.9 Å². The molecule has 0 aromatic carbocycles. The SMILES string of the molecule is CCNC(=NCCc1c(C)nn(C)c1C)NC(C)CCC(C)C.I. The van der Waals surface area contributed by atoms with Crippen LogP contribution in [0.25, 0.3) is 0 Å². The minimum atomic E-state index is 0. The lowest BCUT2D eigenvalue weighted by Crippen LogP contribution is -2.42. The maximum absolute atomic E-state index is 4.72. The highest BCUT2D eigenvalue weighted by atomic mass is 127. The van der Waals surface area contributed by atoms with E-state index in [1.54, 1.807) is 0 Å². The molecule has 1 heterocycles. The van der Waals surface area contributed by atoms with E-state index in [2.05, 4.69) is 57.3 Å². The predicted octanol–water partition coefficient (Wildman–Crippen LogP) is 3.58. The predicted molar refractivity (Wildman–Crippen MR) is 114 cm³/mol. The topological polar surface area (TPSA) is 54.2 Å². The molecule has 1 aromatic rings. The van der Waals surface area contributed by atoms with Crippen LogP contribution in [-0.2, 0) is 13.5 Å². The number of aromatic nitrogens is 2. The first-order valence-electron chi connectivity index (χ1n) is 8.89. The zero-order valence-corrected chi connectivity index (χ0v) is 18.8. The molecule has 0 spiro atoms. The molecule has 5 nitrogen and oxygen atoms in total. The Kier molecular flexibility index (Phi) is 11.3. The van der Waals surface area contributed by atoms with E-state index in [9.17, 15) is 0 Å². The summed E-state index contributed by atoms with van der Waals surface area (Å²) in [6, 6.07) is 0.442. The van der Waals surface area contributed by atoms with Crippen molar-refractivity contribution in [3.63, 3.8) is 0 Å². The van der Waals surface area contributed by atoms with Gasteiger partial charge < -0.3 is 10.6 Å². The van der Waals surface area contributed by atoms with E-state index < -0.39 is 0 Å². The summed E-state index contributed by atoms with van der Waals surface area (Å²) in [5, 5.41) is 11.3. The molecular formula is C18H36IN5. The number of halogens is 1. The van der Waals surface area contributed by atoms with Crippen molar-refractivity contribution in [2.24, 2.45) is 18.0 Å². The third kappa shape index (κ3) is 7.85. The van der Waals surface area contributed by atoms with Crippen LogP contribution in [0.3, 0.4) is 0 Å². The van der Waals surface area contributed by atoms with Crippen LogP contribution in [0.4, 0.5) is 0 Å². The largest absolute Gasteiger partial charge is 0.357 e. The summed E-state index contributed by atoms with van der Waals surface area (Å²) >= 11 is 0. The van der Waals surface area contributed by atoms with Crippen LogP contribution in [0.2, 0.25) is 0 Å². The molecule has 0 saturated heterocycles. The number of hydrogen-bond acceptors (Lipinski definition) is 2. The van der Waals surface area contributed by atoms with Crippen molar-refractivity contribution >= 4 is 29.9 Å². The third-order valence-electron chi connectivity index (χ3n) is 4.19. The maximum atomic E-state index is 4.72. The summed E-state index contributed by atoms with van der Waals surface area (Å²) in [5.41, 5.74) is 3.67. The number of rotatable bonds is 8. The van der Waals surface area contributed by atoms with Gasteiger partial charge in [-0.3, -0.25) is 9.67 Å². The van der Waals surface area contributed by atoms with Crippen molar-refractivity contribution in [3.05, 3.63) is 17.0 Å². The number of nitrogens with one attached hydrogen (secondary N) is 2. The minimum Gasteiger partial charge on any atom is -0.357 e. The smallest absolute Gasteiger partial charge is 0.191 e. The molecule has 1 rings (SSSR count). The highest BCUT2D eigenvalue weighted by molar-refractivity contribution is 14.0. The van der Waals surface area contributed by atoms with Crippen molar-refractivity contribution in [1.82, 2.24) is 20.4 Å². The summed E-state index contributed by atoms with van der Waals surface area (Å²) in [4.78, 5) is 4.72. The molecule has 0 amide bonds. The fourth-order valence-electron chi connectivity index (χ4n) is 2.67. The third-order valence-corrected chi connectivity index (χ3v) is 4.19. The summed E-state index contributed by atoms with van der Waals surface area (Å²) < 4.78 is 1.95. The number of aryl methyl sites for hydroxylation is 2. The molecular weight excluding hydrogens is 413 g/mol. The van der Waals surface area contributed by atoms with E-state index in [-0.39, 0.29) is 24.0 Å². The first-order valence-corrected chi connectivity index (χ1v) is 8.89. The van der Waals surface area contributed by atoms with E-state index in [0.717, 1.165) is 37.1 Å². The van der Waals surface area contributed by atoms with Gasteiger partial charge in [0.25, 0.3) is 0 Å². The fourth-order valence-corrected chi connectivity index (χ4v) is 2.67. The van der Waals surface area contributed by atoms with Crippen LogP contribution in [0.15, 0.2) is 4.99 Å². The van der Waals surface area contributed by atoms with Gasteiger partial charge in [0.05, 0.1) is 5.69 Å². The molecule has 140 valence electrons. The second-order valence-electron chi connectivity index (χ2n) is 6.80. The zero-order chi connectivity index (χ0) is 17.4. The summed E-state index contributed by atoms with van der Waals surface area (Å²) in [7, 11) is 2.00. The Labute approximate surface area is 165 Å². The second kappa shape index (κ2) is 11.7. The van der Waals surface area contributed by atoms with Gasteiger partial charge in [0.15, 0.2) is 5.96 Å². The molecule has 0 saturated carbocycles. The first kappa shape index (κ1) is 23.2. The fraction of sp³-hybridized carbons (Fsp3) is 0.778. The molecule has 2 N–H and O–H groups in total. The Balaban J connectivity index is 0.00000529. The van der Waals surface area contributed by atoms with Crippen molar-refractivity contribution in [2.45, 2.75) is 66.8 Å². The number of guanidine groups is 1. The Bertz CT molecular complexity index is 508. The molecule has 0 bridgehead atoms. The van der Waals surface area contributed by atoms with Crippen LogP contribution in [0, 0.1) is 19.8 Å². The molecule has 0 fully saturated rings. The molecule has 24 heavy (non-hydrogen) atoms. The van der Waals surface area contributed by atoms with Gasteiger partial charge in [-0.2, -0.15) is 5.10 Å². The molecule has 0 radical (unpaired) electrons. The highest BCUT2D eigenvalue weighted by Crippen LogP contribution is 2.12. The monoisotopic (exact) mass is 449 g/mol. The Morgan fingerprint density at radius 1 is 1.21 bits per heavy atom. The summed E-state index contributed by atoms with van der Waals surface area (Å²) in [6.45, 7) is 14.7. The van der Waals surface area contributed by atoms with E-state index in [1.165, 1.54) is 24.1 Å². The lowest BCUT2D eigenvalue weighted by atomic mass is 10.0. The van der Waals surface area contributed by atoms with Gasteiger partial charge >= 0.3 is 0 Å². The molecule has 1 atom stereocenters. The first-order chi connectivity index (χ1) is 10.8. The van der Waals surface area contributed by atoms with Gasteiger partial charge in [-0.25, -0.2) is 0 Å². The Morgan fingerprint density at radius 3 is 2.38 bits per heavy atom. The van der Waals surface area contributed by atoms with Gasteiger partial charge in [-0.05, 0) is 58.4 Å². The van der Waals surface area contributed by atoms with E-state index in [4.69, 9.17) is 4.99 Å². The van der Waals surface area contributed by atoms with Crippen LogP contribution in [0.5, 0.6) is 0 Å². The molecule has 1 unspecified atom stereocenters. The summed E-state index contributed by atoms with van der Waals surface area (Å²) in [6.07, 6.45) is 3.34. The molecule has 6 heteroatoms. The van der Waals surface area contributed by atoms with Gasteiger partial charge in [-0.1, -0.05) is 13.8 Å². The number of hydrogen-bond donors (Lipinski definition) is 2. The average Bonchev–Trinajstić information content (AvgIpc) is 2.71. The number of nitrogens with zero attached hydrogens (tertiary/aromatic N) is 3. The van der Waals surface area contributed by atoms with Crippen molar-refractivity contribution in [1.29, 1.82) is 0 Å². The normalized spacial score (nSPS) is 12.9. The van der Waals surface area contributed by atoms with Gasteiger partial charge in [0.2, 0.25) is 0 Å². The van der Waals surface area contributed by atoms with Gasteiger partial charge in [-0.15, -0.1) is 24.0 Å². The van der Waals surface area contributed by atoms with Gasteiger partial charge in [0, 0.05) is 31.9 Å². The van der Waals surface area contributed by atoms with Crippen molar-refractivity contribution in [2.75, 3.05) is 13.1 Å². The zero-order valence-electron chi connectivity index (χ0n) is 16.4. The molecule has 0 aliphatic heterocycles. The van der Waals surface area contributed by atoms with Crippen LogP contribution < -0.4 is 10.6 Å². The lowest BCUT2D eigenvalue weighted by molar-refractivity contribution is 0.489. The number of aliphatic imine (C=N–C) groups is 1. The van der Waals surface area contributed by atoms with E-state index in [1.807, 2.05) is 11.7 Å². The van der Waals surface area contributed by atoms with Crippen LogP contribution in [0.1, 0.15) is 57.5 Å². The van der Waals surface area contributed by atoms with Crippen molar-refractivity contribution < 1.29 is 0 Å². The molecule has 0 aliphatic carbocycles. The minimum absolute atomic E-state index is 0. The summed E-state index contributed by atoms with van der Waals surface area (Å²) in [5.74, 6) is 1.67. The van der Waals surface area contributed by atoms with Crippen LogP contribution >= 0.6 is 24.0 Å². The average molecular weight is 449 g/mol. The second-order valence-corrected chi connectivity index (χ2v) is 6.80. The lowest BCUT2D eigenvalue weighted by Gasteiger charge is -2.18. The molecule has 1 aromatic heterocycles. The van der Waals surface area contributed by atoms with E-state index >= 15 is 0 Å². The molecule has 0 aliphatic rings. The quantitative estimate of drug-likeness (QED) is 0.363.